The molecule has 2 atom stereocenters. The van der Waals surface area contributed by atoms with Gasteiger partial charge in [0.15, 0.2) is 0 Å². The Morgan fingerprint density at radius 3 is 2.78 bits per heavy atom. The van der Waals surface area contributed by atoms with Crippen LogP contribution in [0.5, 0.6) is 0 Å². The molecule has 1 N–H and O–H groups in total. The Kier molecular flexibility index (Phi) is 4.77. The van der Waals surface area contributed by atoms with Crippen molar-refractivity contribution in [3.63, 3.8) is 0 Å². The van der Waals surface area contributed by atoms with Crippen molar-refractivity contribution >= 4 is 40.7 Å². The number of halogens is 3. The molecule has 2 nitrogen and oxygen atoms in total. The molecule has 98 valence electrons. The molecule has 1 aromatic carbocycles. The summed E-state index contributed by atoms with van der Waals surface area (Å²) in [4.78, 5) is 12.0. The van der Waals surface area contributed by atoms with E-state index in [9.17, 15) is 4.79 Å². The van der Waals surface area contributed by atoms with Gasteiger partial charge in [0.25, 0.3) is 5.91 Å². The number of benzene rings is 1. The van der Waals surface area contributed by atoms with Crippen molar-refractivity contribution < 1.29 is 4.79 Å². The van der Waals surface area contributed by atoms with E-state index in [0.29, 0.717) is 28.1 Å². The molecule has 5 heteroatoms. The van der Waals surface area contributed by atoms with E-state index in [4.69, 9.17) is 34.8 Å². The Bertz CT molecular complexity index is 450. The van der Waals surface area contributed by atoms with E-state index in [1.54, 1.807) is 18.2 Å². The van der Waals surface area contributed by atoms with Gasteiger partial charge in [0.05, 0.1) is 10.6 Å². The normalized spacial score (nSPS) is 23.1. The van der Waals surface area contributed by atoms with E-state index in [-0.39, 0.29) is 11.3 Å². The SMILES string of the molecule is O=C(NCC1CCCC1Cl)c1cc(Cl)ccc1Cl. The third-order valence-electron chi connectivity index (χ3n) is 3.26. The molecular formula is C13H14Cl3NO. The molecule has 2 unspecified atom stereocenters. The first kappa shape index (κ1) is 14.0. The number of alkyl halides is 1. The highest BCUT2D eigenvalue weighted by Crippen LogP contribution is 2.29. The number of hydrogen-bond acceptors (Lipinski definition) is 1. The number of carbonyl (C=O) groups is 1. The van der Waals surface area contributed by atoms with Crippen LogP contribution >= 0.6 is 34.8 Å². The Hall–Kier alpha value is -0.440. The Labute approximate surface area is 122 Å². The second kappa shape index (κ2) is 6.14. The van der Waals surface area contributed by atoms with Gasteiger partial charge in [-0.05, 0) is 37.0 Å². The minimum absolute atomic E-state index is 0.167. The van der Waals surface area contributed by atoms with Crippen LogP contribution in [0.3, 0.4) is 0 Å². The standard InChI is InChI=1S/C13H14Cl3NO/c14-9-4-5-12(16)10(6-9)13(18)17-7-8-2-1-3-11(8)15/h4-6,8,11H,1-3,7H2,(H,17,18). The summed E-state index contributed by atoms with van der Waals surface area (Å²) in [6, 6.07) is 4.86. The van der Waals surface area contributed by atoms with Crippen LogP contribution < -0.4 is 5.32 Å². The van der Waals surface area contributed by atoms with Crippen LogP contribution in [-0.2, 0) is 0 Å². The van der Waals surface area contributed by atoms with E-state index in [2.05, 4.69) is 5.32 Å². The highest BCUT2D eigenvalue weighted by molar-refractivity contribution is 6.35. The van der Waals surface area contributed by atoms with Gasteiger partial charge in [-0.1, -0.05) is 29.6 Å². The molecule has 1 amide bonds. The molecule has 0 saturated heterocycles. The average Bonchev–Trinajstić information content (AvgIpc) is 2.75. The van der Waals surface area contributed by atoms with Gasteiger partial charge in [0.2, 0.25) is 0 Å². The molecule has 18 heavy (non-hydrogen) atoms. The summed E-state index contributed by atoms with van der Waals surface area (Å²) < 4.78 is 0. The van der Waals surface area contributed by atoms with E-state index in [1.165, 1.54) is 0 Å². The summed E-state index contributed by atoms with van der Waals surface area (Å²) >= 11 is 18.0. The van der Waals surface area contributed by atoms with Crippen LogP contribution in [0, 0.1) is 5.92 Å². The van der Waals surface area contributed by atoms with Crippen LogP contribution in [0.25, 0.3) is 0 Å². The highest BCUT2D eigenvalue weighted by atomic mass is 35.5. The van der Waals surface area contributed by atoms with Crippen LogP contribution in [0.1, 0.15) is 29.6 Å². The number of rotatable bonds is 3. The highest BCUT2D eigenvalue weighted by Gasteiger charge is 2.25. The summed E-state index contributed by atoms with van der Waals surface area (Å²) in [7, 11) is 0. The Balaban J connectivity index is 1.97. The molecule has 1 fully saturated rings. The van der Waals surface area contributed by atoms with Crippen molar-refractivity contribution in [2.75, 3.05) is 6.54 Å². The summed E-state index contributed by atoms with van der Waals surface area (Å²) in [5.74, 6) is 0.159. The number of nitrogens with one attached hydrogen (secondary N) is 1. The van der Waals surface area contributed by atoms with Gasteiger partial charge in [-0.2, -0.15) is 0 Å². The fourth-order valence-electron chi connectivity index (χ4n) is 2.21. The number of hydrogen-bond donors (Lipinski definition) is 1. The third-order valence-corrected chi connectivity index (χ3v) is 4.40. The third kappa shape index (κ3) is 3.31. The lowest BCUT2D eigenvalue weighted by molar-refractivity contribution is 0.0948. The molecule has 0 bridgehead atoms. The van der Waals surface area contributed by atoms with E-state index >= 15 is 0 Å². The smallest absolute Gasteiger partial charge is 0.252 e. The molecule has 0 spiro atoms. The van der Waals surface area contributed by atoms with Gasteiger partial charge in [-0.3, -0.25) is 4.79 Å². The molecule has 1 aromatic rings. The molecule has 0 heterocycles. The molecule has 1 aliphatic rings. The molecule has 1 aliphatic carbocycles. The zero-order valence-electron chi connectivity index (χ0n) is 9.76. The predicted octanol–water partition coefficient (Wildman–Crippen LogP) is 4.13. The van der Waals surface area contributed by atoms with Gasteiger partial charge >= 0.3 is 0 Å². The molecule has 0 aromatic heterocycles. The lowest BCUT2D eigenvalue weighted by Gasteiger charge is -2.14. The lowest BCUT2D eigenvalue weighted by atomic mass is 10.1. The van der Waals surface area contributed by atoms with Gasteiger partial charge in [-0.15, -0.1) is 11.6 Å². The summed E-state index contributed by atoms with van der Waals surface area (Å²) in [5.41, 5.74) is 0.410. The minimum Gasteiger partial charge on any atom is -0.352 e. The van der Waals surface area contributed by atoms with Gasteiger partial charge in [0, 0.05) is 16.9 Å². The van der Waals surface area contributed by atoms with Crippen molar-refractivity contribution in [1.29, 1.82) is 0 Å². The van der Waals surface area contributed by atoms with Crippen molar-refractivity contribution in [2.45, 2.75) is 24.6 Å². The van der Waals surface area contributed by atoms with Crippen LogP contribution in [-0.4, -0.2) is 17.8 Å². The van der Waals surface area contributed by atoms with E-state index in [1.807, 2.05) is 0 Å². The Morgan fingerprint density at radius 1 is 1.33 bits per heavy atom. The molecular weight excluding hydrogens is 293 g/mol. The fourth-order valence-corrected chi connectivity index (χ4v) is 2.96. The summed E-state index contributed by atoms with van der Waals surface area (Å²) in [5, 5.41) is 3.95. The second-order valence-corrected chi connectivity index (χ2v) is 5.95. The van der Waals surface area contributed by atoms with Crippen molar-refractivity contribution in [3.8, 4) is 0 Å². The maximum atomic E-state index is 12.0. The fraction of sp³-hybridized carbons (Fsp3) is 0.462. The Morgan fingerprint density at radius 2 is 2.11 bits per heavy atom. The van der Waals surface area contributed by atoms with Crippen LogP contribution in [0.4, 0.5) is 0 Å². The van der Waals surface area contributed by atoms with Crippen molar-refractivity contribution in [3.05, 3.63) is 33.8 Å². The summed E-state index contributed by atoms with van der Waals surface area (Å²) in [6.45, 7) is 0.593. The van der Waals surface area contributed by atoms with Crippen molar-refractivity contribution in [2.24, 2.45) is 5.92 Å². The first-order valence-corrected chi connectivity index (χ1v) is 7.14. The first-order valence-electron chi connectivity index (χ1n) is 5.95. The first-order chi connectivity index (χ1) is 8.58. The average molecular weight is 307 g/mol. The molecule has 1 saturated carbocycles. The zero-order chi connectivity index (χ0) is 13.1. The topological polar surface area (TPSA) is 29.1 Å². The van der Waals surface area contributed by atoms with E-state index < -0.39 is 0 Å². The largest absolute Gasteiger partial charge is 0.352 e. The monoisotopic (exact) mass is 305 g/mol. The van der Waals surface area contributed by atoms with Crippen LogP contribution in [0.2, 0.25) is 10.0 Å². The molecule has 0 aliphatic heterocycles. The minimum atomic E-state index is -0.196. The quantitative estimate of drug-likeness (QED) is 0.836. The van der Waals surface area contributed by atoms with Gasteiger partial charge < -0.3 is 5.32 Å². The van der Waals surface area contributed by atoms with Gasteiger partial charge in [-0.25, -0.2) is 0 Å². The van der Waals surface area contributed by atoms with E-state index in [0.717, 1.165) is 19.3 Å². The zero-order valence-corrected chi connectivity index (χ0v) is 12.0. The number of carbonyl (C=O) groups excluding carboxylic acids is 1. The molecule has 0 radical (unpaired) electrons. The van der Waals surface area contributed by atoms with Crippen molar-refractivity contribution in [1.82, 2.24) is 5.32 Å². The molecule has 2 rings (SSSR count). The summed E-state index contributed by atoms with van der Waals surface area (Å²) in [6.07, 6.45) is 3.23. The van der Waals surface area contributed by atoms with Gasteiger partial charge in [0.1, 0.15) is 0 Å². The lowest BCUT2D eigenvalue weighted by Crippen LogP contribution is -2.31. The number of amides is 1. The maximum absolute atomic E-state index is 12.0. The maximum Gasteiger partial charge on any atom is 0.252 e. The predicted molar refractivity (Wildman–Crippen MR) is 75.8 cm³/mol. The second-order valence-electron chi connectivity index (χ2n) is 4.54. The van der Waals surface area contributed by atoms with Crippen LogP contribution in [0.15, 0.2) is 18.2 Å².